The summed E-state index contributed by atoms with van der Waals surface area (Å²) in [5.74, 6) is 0. The fourth-order valence-corrected chi connectivity index (χ4v) is 1.75. The Morgan fingerprint density at radius 1 is 1.21 bits per heavy atom. The van der Waals surface area contributed by atoms with Gasteiger partial charge in [0.2, 0.25) is 0 Å². The van der Waals surface area contributed by atoms with Crippen molar-refractivity contribution in [1.82, 2.24) is 15.1 Å². The number of hydrogen-bond donors (Lipinski definition) is 1. The van der Waals surface area contributed by atoms with E-state index in [4.69, 9.17) is 0 Å². The largest absolute Gasteiger partial charge is 0.310 e. The van der Waals surface area contributed by atoms with Gasteiger partial charge in [-0.15, -0.1) is 0 Å². The van der Waals surface area contributed by atoms with Crippen molar-refractivity contribution in [3.8, 4) is 0 Å². The molecule has 0 spiro atoms. The zero-order chi connectivity index (χ0) is 10.8. The Labute approximate surface area is 88.5 Å². The maximum absolute atomic E-state index is 3.57. The van der Waals surface area contributed by atoms with E-state index in [1.54, 1.807) is 0 Å². The number of piperazine rings is 1. The van der Waals surface area contributed by atoms with Crippen molar-refractivity contribution in [2.45, 2.75) is 32.4 Å². The molecule has 0 amide bonds. The van der Waals surface area contributed by atoms with Crippen molar-refractivity contribution in [2.24, 2.45) is 0 Å². The smallest absolute Gasteiger partial charge is 0.0345 e. The topological polar surface area (TPSA) is 18.5 Å². The standard InChI is InChI=1S/C11H25N3/c1-11(2,3)12-8-10-9-13(4)6-7-14(10)5/h10,12H,6-9H2,1-5H3. The van der Waals surface area contributed by atoms with Crippen LogP contribution in [0.15, 0.2) is 0 Å². The molecule has 1 aliphatic rings. The molecule has 1 atom stereocenters. The Kier molecular flexibility index (Phi) is 3.93. The SMILES string of the molecule is CN1CCN(C)C(CNC(C)(C)C)C1. The van der Waals surface area contributed by atoms with Gasteiger partial charge in [0.25, 0.3) is 0 Å². The molecule has 1 aliphatic heterocycles. The Bertz CT molecular complexity index is 174. The summed E-state index contributed by atoms with van der Waals surface area (Å²) in [7, 11) is 4.43. The van der Waals surface area contributed by atoms with Crippen LogP contribution in [0.3, 0.4) is 0 Å². The maximum Gasteiger partial charge on any atom is 0.0345 e. The molecule has 0 aromatic heterocycles. The number of rotatable bonds is 2. The first-order valence-electron chi connectivity index (χ1n) is 5.52. The lowest BCUT2D eigenvalue weighted by atomic mass is 10.1. The Hall–Kier alpha value is -0.120. The molecule has 0 saturated carbocycles. The van der Waals surface area contributed by atoms with Crippen LogP contribution < -0.4 is 5.32 Å². The monoisotopic (exact) mass is 199 g/mol. The number of likely N-dealkylation sites (N-methyl/N-ethyl adjacent to an activating group) is 2. The third-order valence-corrected chi connectivity index (χ3v) is 2.85. The van der Waals surface area contributed by atoms with Crippen LogP contribution in [-0.4, -0.2) is 61.7 Å². The molecule has 0 radical (unpaired) electrons. The summed E-state index contributed by atoms with van der Waals surface area (Å²) in [4.78, 5) is 4.87. The molecule has 1 saturated heterocycles. The third-order valence-electron chi connectivity index (χ3n) is 2.85. The lowest BCUT2D eigenvalue weighted by molar-refractivity contribution is 0.109. The minimum atomic E-state index is 0.233. The Morgan fingerprint density at radius 3 is 2.43 bits per heavy atom. The molecule has 3 nitrogen and oxygen atoms in total. The molecule has 0 aromatic carbocycles. The summed E-state index contributed by atoms with van der Waals surface area (Å²) < 4.78 is 0. The van der Waals surface area contributed by atoms with E-state index < -0.39 is 0 Å². The Morgan fingerprint density at radius 2 is 1.86 bits per heavy atom. The first kappa shape index (κ1) is 12.0. The summed E-state index contributed by atoms with van der Waals surface area (Å²) in [6.07, 6.45) is 0. The van der Waals surface area contributed by atoms with Gasteiger partial charge in [0.1, 0.15) is 0 Å². The van der Waals surface area contributed by atoms with E-state index in [-0.39, 0.29) is 5.54 Å². The first-order valence-corrected chi connectivity index (χ1v) is 5.52. The van der Waals surface area contributed by atoms with E-state index >= 15 is 0 Å². The first-order chi connectivity index (χ1) is 6.38. The van der Waals surface area contributed by atoms with E-state index in [9.17, 15) is 0 Å². The molecule has 84 valence electrons. The van der Waals surface area contributed by atoms with Gasteiger partial charge < -0.3 is 10.2 Å². The van der Waals surface area contributed by atoms with Gasteiger partial charge in [-0.05, 0) is 34.9 Å². The van der Waals surface area contributed by atoms with Gasteiger partial charge in [-0.3, -0.25) is 4.90 Å². The normalized spacial score (nSPS) is 26.8. The van der Waals surface area contributed by atoms with Crippen LogP contribution in [-0.2, 0) is 0 Å². The molecule has 0 bridgehead atoms. The van der Waals surface area contributed by atoms with Crippen molar-refractivity contribution in [1.29, 1.82) is 0 Å². The highest BCUT2D eigenvalue weighted by molar-refractivity contribution is 4.83. The third kappa shape index (κ3) is 3.95. The quantitative estimate of drug-likeness (QED) is 0.703. The van der Waals surface area contributed by atoms with Gasteiger partial charge in [-0.25, -0.2) is 0 Å². The maximum atomic E-state index is 3.57. The Balaban J connectivity index is 2.35. The van der Waals surface area contributed by atoms with Gasteiger partial charge in [-0.2, -0.15) is 0 Å². The van der Waals surface area contributed by atoms with Crippen molar-refractivity contribution in [2.75, 3.05) is 40.3 Å². The van der Waals surface area contributed by atoms with Crippen LogP contribution >= 0.6 is 0 Å². The summed E-state index contributed by atoms with van der Waals surface area (Å²) in [5.41, 5.74) is 0.233. The molecule has 1 unspecified atom stereocenters. The lowest BCUT2D eigenvalue weighted by Crippen LogP contribution is -2.55. The molecule has 3 heteroatoms. The molecule has 1 N–H and O–H groups in total. The van der Waals surface area contributed by atoms with Crippen LogP contribution in [0.25, 0.3) is 0 Å². The zero-order valence-electron chi connectivity index (χ0n) is 10.3. The second-order valence-corrected chi connectivity index (χ2v) is 5.53. The number of nitrogens with one attached hydrogen (secondary N) is 1. The summed E-state index contributed by atoms with van der Waals surface area (Å²) in [6, 6.07) is 0.660. The van der Waals surface area contributed by atoms with E-state index in [1.165, 1.54) is 19.6 Å². The van der Waals surface area contributed by atoms with Gasteiger partial charge in [0, 0.05) is 37.8 Å². The van der Waals surface area contributed by atoms with Crippen LogP contribution in [0.5, 0.6) is 0 Å². The highest BCUT2D eigenvalue weighted by Crippen LogP contribution is 2.06. The van der Waals surface area contributed by atoms with Crippen LogP contribution in [0.4, 0.5) is 0 Å². The van der Waals surface area contributed by atoms with E-state index in [2.05, 4.69) is 50.0 Å². The fraction of sp³-hybridized carbons (Fsp3) is 1.00. The van der Waals surface area contributed by atoms with Crippen molar-refractivity contribution >= 4 is 0 Å². The van der Waals surface area contributed by atoms with E-state index in [0.717, 1.165) is 6.54 Å². The second-order valence-electron chi connectivity index (χ2n) is 5.53. The average Bonchev–Trinajstić information content (AvgIpc) is 2.05. The summed E-state index contributed by atoms with van der Waals surface area (Å²) >= 11 is 0. The van der Waals surface area contributed by atoms with Crippen molar-refractivity contribution < 1.29 is 0 Å². The minimum absolute atomic E-state index is 0.233. The van der Waals surface area contributed by atoms with Crippen molar-refractivity contribution in [3.63, 3.8) is 0 Å². The number of nitrogens with zero attached hydrogens (tertiary/aromatic N) is 2. The van der Waals surface area contributed by atoms with Gasteiger partial charge in [0.15, 0.2) is 0 Å². The molecule has 1 fully saturated rings. The van der Waals surface area contributed by atoms with Crippen LogP contribution in [0, 0.1) is 0 Å². The highest BCUT2D eigenvalue weighted by atomic mass is 15.3. The van der Waals surface area contributed by atoms with E-state index in [1.807, 2.05) is 0 Å². The predicted octanol–water partition coefficient (Wildman–Crippen LogP) is 0.620. The van der Waals surface area contributed by atoms with Crippen molar-refractivity contribution in [3.05, 3.63) is 0 Å². The molecule has 0 aromatic rings. The van der Waals surface area contributed by atoms with Gasteiger partial charge >= 0.3 is 0 Å². The van der Waals surface area contributed by atoms with Gasteiger partial charge in [0.05, 0.1) is 0 Å². The van der Waals surface area contributed by atoms with E-state index in [0.29, 0.717) is 6.04 Å². The molecule has 1 rings (SSSR count). The fourth-order valence-electron chi connectivity index (χ4n) is 1.75. The molecule has 1 heterocycles. The molecule has 14 heavy (non-hydrogen) atoms. The zero-order valence-corrected chi connectivity index (χ0v) is 10.3. The average molecular weight is 199 g/mol. The van der Waals surface area contributed by atoms with Gasteiger partial charge in [-0.1, -0.05) is 0 Å². The van der Waals surface area contributed by atoms with Crippen LogP contribution in [0.2, 0.25) is 0 Å². The second kappa shape index (κ2) is 4.60. The summed E-state index contributed by atoms with van der Waals surface area (Å²) in [5, 5.41) is 3.57. The molecule has 0 aliphatic carbocycles. The predicted molar refractivity (Wildman–Crippen MR) is 61.7 cm³/mol. The highest BCUT2D eigenvalue weighted by Gasteiger charge is 2.23. The molecular weight excluding hydrogens is 174 g/mol. The number of hydrogen-bond acceptors (Lipinski definition) is 3. The minimum Gasteiger partial charge on any atom is -0.310 e. The van der Waals surface area contributed by atoms with Crippen LogP contribution in [0.1, 0.15) is 20.8 Å². The lowest BCUT2D eigenvalue weighted by Gasteiger charge is -2.39. The summed E-state index contributed by atoms with van der Waals surface area (Å²) in [6.45, 7) is 11.3. The molecular formula is C11H25N3.